The highest BCUT2D eigenvalue weighted by molar-refractivity contribution is 5.85. The van der Waals surface area contributed by atoms with Gasteiger partial charge in [0.1, 0.15) is 0 Å². The van der Waals surface area contributed by atoms with Gasteiger partial charge in [-0.25, -0.2) is 0 Å². The lowest BCUT2D eigenvalue weighted by Crippen LogP contribution is -2.12. The summed E-state index contributed by atoms with van der Waals surface area (Å²) in [5, 5.41) is 0. The normalized spacial score (nSPS) is 12.2. The van der Waals surface area contributed by atoms with E-state index in [9.17, 15) is 13.2 Å². The molecule has 2 rings (SSSR count). The van der Waals surface area contributed by atoms with Crippen molar-refractivity contribution in [2.75, 3.05) is 20.6 Å². The minimum atomic E-state index is -4.31. The highest BCUT2D eigenvalue weighted by Crippen LogP contribution is 2.31. The Balaban J connectivity index is 0.00000288. The van der Waals surface area contributed by atoms with Gasteiger partial charge in [-0.2, -0.15) is 13.2 Å². The molecular weight excluding hydrogens is 335 g/mol. The lowest BCUT2D eigenvalue weighted by Gasteiger charge is -2.12. The number of hydrogen-bond donors (Lipinski definition) is 0. The Kier molecular flexibility index (Phi) is 7.52. The maximum absolute atomic E-state index is 12.7. The number of nitrogens with zero attached hydrogens (tertiary/aromatic N) is 1. The molecular formula is C19H21ClF3N. The fourth-order valence-electron chi connectivity index (χ4n) is 2.33. The highest BCUT2D eigenvalue weighted by atomic mass is 35.5. The summed E-state index contributed by atoms with van der Waals surface area (Å²) in [5.41, 5.74) is 2.14. The van der Waals surface area contributed by atoms with Crippen molar-refractivity contribution in [3.05, 3.63) is 77.4 Å². The summed E-state index contributed by atoms with van der Waals surface area (Å²) in [4.78, 5) is 2.08. The van der Waals surface area contributed by atoms with Gasteiger partial charge in [-0.1, -0.05) is 48.5 Å². The average molecular weight is 356 g/mol. The Labute approximate surface area is 147 Å². The molecule has 0 heterocycles. The van der Waals surface area contributed by atoms with Gasteiger partial charge in [0.05, 0.1) is 5.56 Å². The van der Waals surface area contributed by atoms with Crippen LogP contribution in [0.3, 0.4) is 0 Å². The van der Waals surface area contributed by atoms with E-state index in [0.29, 0.717) is 0 Å². The van der Waals surface area contributed by atoms with E-state index in [4.69, 9.17) is 0 Å². The van der Waals surface area contributed by atoms with Gasteiger partial charge in [-0.05, 0) is 49.3 Å². The average Bonchev–Trinajstić information content (AvgIpc) is 2.51. The lowest BCUT2D eigenvalue weighted by atomic mass is 9.96. The molecule has 0 radical (unpaired) electrons. The Bertz CT molecular complexity index is 647. The van der Waals surface area contributed by atoms with E-state index in [1.807, 2.05) is 44.4 Å². The van der Waals surface area contributed by atoms with Crippen LogP contribution in [0.4, 0.5) is 13.2 Å². The summed E-state index contributed by atoms with van der Waals surface area (Å²) < 4.78 is 38.1. The second-order valence-electron chi connectivity index (χ2n) is 5.65. The van der Waals surface area contributed by atoms with Crippen LogP contribution in [0.2, 0.25) is 0 Å². The molecule has 24 heavy (non-hydrogen) atoms. The van der Waals surface area contributed by atoms with Crippen LogP contribution in [0, 0.1) is 0 Å². The molecule has 1 nitrogen and oxygen atoms in total. The maximum Gasteiger partial charge on any atom is 0.416 e. The summed E-state index contributed by atoms with van der Waals surface area (Å²) in [7, 11) is 3.99. The topological polar surface area (TPSA) is 3.24 Å². The number of rotatable bonds is 5. The maximum atomic E-state index is 12.7. The predicted octanol–water partition coefficient (Wildman–Crippen LogP) is 5.51. The van der Waals surface area contributed by atoms with Crippen molar-refractivity contribution in [1.29, 1.82) is 0 Å². The number of alkyl halides is 3. The molecule has 0 spiro atoms. The van der Waals surface area contributed by atoms with Crippen LogP contribution in [-0.4, -0.2) is 25.5 Å². The number of halogens is 4. The fraction of sp³-hybridized carbons (Fsp3) is 0.263. The van der Waals surface area contributed by atoms with Crippen LogP contribution in [0.5, 0.6) is 0 Å². The van der Waals surface area contributed by atoms with Crippen LogP contribution >= 0.6 is 12.4 Å². The summed E-state index contributed by atoms with van der Waals surface area (Å²) in [5.74, 6) is 0. The lowest BCUT2D eigenvalue weighted by molar-refractivity contribution is -0.137. The smallest absolute Gasteiger partial charge is 0.309 e. The third kappa shape index (κ3) is 5.69. The number of hydrogen-bond acceptors (Lipinski definition) is 1. The van der Waals surface area contributed by atoms with Crippen molar-refractivity contribution in [1.82, 2.24) is 4.90 Å². The first-order valence-electron chi connectivity index (χ1n) is 7.46. The van der Waals surface area contributed by atoms with Crippen molar-refractivity contribution in [3.8, 4) is 0 Å². The van der Waals surface area contributed by atoms with Gasteiger partial charge >= 0.3 is 6.18 Å². The molecule has 2 aromatic carbocycles. The Hall–Kier alpha value is -1.78. The molecule has 2 aromatic rings. The summed E-state index contributed by atoms with van der Waals surface area (Å²) in [6, 6.07) is 15.1. The van der Waals surface area contributed by atoms with Crippen molar-refractivity contribution in [2.45, 2.75) is 12.6 Å². The zero-order valence-corrected chi connectivity index (χ0v) is 14.5. The van der Waals surface area contributed by atoms with Crippen molar-refractivity contribution < 1.29 is 13.2 Å². The largest absolute Gasteiger partial charge is 0.416 e. The molecule has 0 atom stereocenters. The molecule has 0 fully saturated rings. The van der Waals surface area contributed by atoms with E-state index in [2.05, 4.69) is 11.0 Å². The minimum absolute atomic E-state index is 0. The van der Waals surface area contributed by atoms with E-state index >= 15 is 0 Å². The van der Waals surface area contributed by atoms with Crippen LogP contribution in [0.15, 0.2) is 60.7 Å². The molecule has 0 aromatic heterocycles. The molecule has 0 saturated carbocycles. The van der Waals surface area contributed by atoms with Gasteiger partial charge in [0.25, 0.3) is 0 Å². The molecule has 5 heteroatoms. The molecule has 130 valence electrons. The van der Waals surface area contributed by atoms with E-state index < -0.39 is 11.7 Å². The minimum Gasteiger partial charge on any atom is -0.309 e. The van der Waals surface area contributed by atoms with Gasteiger partial charge in [-0.3, -0.25) is 0 Å². The third-order valence-corrected chi connectivity index (χ3v) is 3.53. The van der Waals surface area contributed by atoms with Gasteiger partial charge in [0, 0.05) is 6.54 Å². The summed E-state index contributed by atoms with van der Waals surface area (Å²) >= 11 is 0. The van der Waals surface area contributed by atoms with Gasteiger partial charge in [-0.15, -0.1) is 12.4 Å². The zero-order chi connectivity index (χ0) is 16.9. The van der Waals surface area contributed by atoms with E-state index in [-0.39, 0.29) is 12.4 Å². The van der Waals surface area contributed by atoms with Gasteiger partial charge in [0.2, 0.25) is 0 Å². The van der Waals surface area contributed by atoms with E-state index in [0.717, 1.165) is 41.8 Å². The highest BCUT2D eigenvalue weighted by Gasteiger charge is 2.30. The first-order valence-corrected chi connectivity index (χ1v) is 7.46. The Morgan fingerprint density at radius 3 is 1.96 bits per heavy atom. The molecule has 0 aliphatic rings. The van der Waals surface area contributed by atoms with Crippen LogP contribution < -0.4 is 0 Å². The SMILES string of the molecule is CN(C)CCC=C(c1ccccc1)c1ccc(C(F)(F)F)cc1.Cl. The monoisotopic (exact) mass is 355 g/mol. The standard InChI is InChI=1S/C19H20F3N.ClH/c1-23(2)14-6-9-18(15-7-4-3-5-8-15)16-10-12-17(13-11-16)19(20,21)22;/h3-5,7-13H,6,14H2,1-2H3;1H. The zero-order valence-electron chi connectivity index (χ0n) is 13.7. The van der Waals surface area contributed by atoms with E-state index in [1.165, 1.54) is 12.1 Å². The molecule has 0 amide bonds. The molecule has 0 N–H and O–H groups in total. The van der Waals surface area contributed by atoms with Crippen LogP contribution in [-0.2, 0) is 6.18 Å². The van der Waals surface area contributed by atoms with E-state index in [1.54, 1.807) is 0 Å². The molecule has 0 aliphatic carbocycles. The fourth-order valence-corrected chi connectivity index (χ4v) is 2.33. The van der Waals surface area contributed by atoms with Crippen LogP contribution in [0.1, 0.15) is 23.1 Å². The third-order valence-electron chi connectivity index (χ3n) is 3.53. The Morgan fingerprint density at radius 2 is 1.46 bits per heavy atom. The van der Waals surface area contributed by atoms with Gasteiger partial charge < -0.3 is 4.90 Å². The summed E-state index contributed by atoms with van der Waals surface area (Å²) in [6.45, 7) is 0.886. The quantitative estimate of drug-likeness (QED) is 0.683. The molecule has 0 saturated heterocycles. The second kappa shape index (κ2) is 8.90. The van der Waals surface area contributed by atoms with Crippen molar-refractivity contribution in [3.63, 3.8) is 0 Å². The second-order valence-corrected chi connectivity index (χ2v) is 5.65. The van der Waals surface area contributed by atoms with Crippen LogP contribution in [0.25, 0.3) is 5.57 Å². The van der Waals surface area contributed by atoms with Crippen molar-refractivity contribution >= 4 is 18.0 Å². The number of benzene rings is 2. The molecule has 0 bridgehead atoms. The predicted molar refractivity (Wildman–Crippen MR) is 95.4 cm³/mol. The summed E-state index contributed by atoms with van der Waals surface area (Å²) in [6.07, 6.45) is -1.39. The Morgan fingerprint density at radius 1 is 0.917 bits per heavy atom. The van der Waals surface area contributed by atoms with Crippen molar-refractivity contribution in [2.24, 2.45) is 0 Å². The first-order chi connectivity index (χ1) is 10.9. The first kappa shape index (κ1) is 20.3. The molecule has 0 unspecified atom stereocenters. The van der Waals surface area contributed by atoms with Gasteiger partial charge in [0.15, 0.2) is 0 Å². The molecule has 0 aliphatic heterocycles.